The molecule has 3 aromatic rings. The third-order valence-corrected chi connectivity index (χ3v) is 3.91. The van der Waals surface area contributed by atoms with E-state index < -0.39 is 6.36 Å². The molecular formula is C18H15ClF3N5O. The van der Waals surface area contributed by atoms with E-state index in [0.29, 0.717) is 22.3 Å². The van der Waals surface area contributed by atoms with E-state index in [9.17, 15) is 13.2 Å². The van der Waals surface area contributed by atoms with E-state index in [1.165, 1.54) is 30.6 Å². The fourth-order valence-electron chi connectivity index (χ4n) is 2.37. The molecule has 3 rings (SSSR count). The number of hydrogen-bond donors (Lipinski definition) is 3. The Bertz CT molecular complexity index is 980. The average Bonchev–Trinajstić information content (AvgIpc) is 2.61. The van der Waals surface area contributed by atoms with E-state index in [-0.39, 0.29) is 11.4 Å². The van der Waals surface area contributed by atoms with E-state index in [4.69, 9.17) is 17.3 Å². The van der Waals surface area contributed by atoms with Gasteiger partial charge in [0, 0.05) is 16.4 Å². The molecule has 0 bridgehead atoms. The predicted molar refractivity (Wildman–Crippen MR) is 102 cm³/mol. The summed E-state index contributed by atoms with van der Waals surface area (Å²) >= 11 is 5.95. The second-order valence-corrected chi connectivity index (χ2v) is 6.20. The Morgan fingerprint density at radius 1 is 1.00 bits per heavy atom. The van der Waals surface area contributed by atoms with Crippen molar-refractivity contribution in [2.45, 2.75) is 13.3 Å². The number of alkyl halides is 3. The van der Waals surface area contributed by atoms with Gasteiger partial charge in [0.15, 0.2) is 11.6 Å². The van der Waals surface area contributed by atoms with Gasteiger partial charge < -0.3 is 21.1 Å². The van der Waals surface area contributed by atoms with Crippen LogP contribution < -0.4 is 21.1 Å². The number of ether oxygens (including phenoxy) is 1. The van der Waals surface area contributed by atoms with Crippen molar-refractivity contribution >= 4 is 40.3 Å². The summed E-state index contributed by atoms with van der Waals surface area (Å²) < 4.78 is 40.5. The first-order chi connectivity index (χ1) is 13.2. The number of rotatable bonds is 5. The molecule has 0 unspecified atom stereocenters. The summed E-state index contributed by atoms with van der Waals surface area (Å²) in [5, 5.41) is 6.66. The fourth-order valence-corrected chi connectivity index (χ4v) is 2.59. The molecule has 146 valence electrons. The molecule has 0 aliphatic carbocycles. The van der Waals surface area contributed by atoms with Crippen molar-refractivity contribution in [2.24, 2.45) is 0 Å². The summed E-state index contributed by atoms with van der Waals surface area (Å²) in [4.78, 5) is 8.20. The molecule has 0 saturated carbocycles. The van der Waals surface area contributed by atoms with Crippen molar-refractivity contribution in [3.05, 3.63) is 59.4 Å². The van der Waals surface area contributed by atoms with Gasteiger partial charge in [0.05, 0.1) is 0 Å². The van der Waals surface area contributed by atoms with E-state index in [0.717, 1.165) is 11.3 Å². The third kappa shape index (κ3) is 4.95. The fraction of sp³-hybridized carbons (Fsp3) is 0.111. The molecule has 28 heavy (non-hydrogen) atoms. The summed E-state index contributed by atoms with van der Waals surface area (Å²) in [6.07, 6.45) is -3.43. The topological polar surface area (TPSA) is 85.1 Å². The van der Waals surface area contributed by atoms with Crippen LogP contribution in [-0.4, -0.2) is 16.3 Å². The summed E-state index contributed by atoms with van der Waals surface area (Å²) in [5.74, 6) is 0.350. The van der Waals surface area contributed by atoms with Gasteiger partial charge in [-0.05, 0) is 55.0 Å². The number of nitrogens with zero attached hydrogens (tertiary/aromatic N) is 2. The highest BCUT2D eigenvalue weighted by atomic mass is 35.5. The lowest BCUT2D eigenvalue weighted by Crippen LogP contribution is -2.17. The van der Waals surface area contributed by atoms with Gasteiger partial charge in [0.1, 0.15) is 17.8 Å². The highest BCUT2D eigenvalue weighted by Gasteiger charge is 2.30. The second kappa shape index (κ2) is 7.81. The quantitative estimate of drug-likeness (QED) is 0.522. The zero-order valence-electron chi connectivity index (χ0n) is 14.5. The number of halogens is 4. The molecule has 0 fully saturated rings. The number of aryl methyl sites for hydroxylation is 1. The maximum Gasteiger partial charge on any atom is 0.573 e. The number of hydrogen-bond acceptors (Lipinski definition) is 6. The molecule has 0 atom stereocenters. The molecule has 0 saturated heterocycles. The van der Waals surface area contributed by atoms with Gasteiger partial charge in [-0.25, -0.2) is 9.97 Å². The zero-order chi connectivity index (χ0) is 20.3. The van der Waals surface area contributed by atoms with Crippen LogP contribution in [0.3, 0.4) is 0 Å². The van der Waals surface area contributed by atoms with Crippen molar-refractivity contribution in [3.63, 3.8) is 0 Å². The van der Waals surface area contributed by atoms with Crippen LogP contribution >= 0.6 is 11.6 Å². The summed E-state index contributed by atoms with van der Waals surface area (Å²) in [5.41, 5.74) is 8.52. The van der Waals surface area contributed by atoms with Gasteiger partial charge >= 0.3 is 6.36 Å². The van der Waals surface area contributed by atoms with Crippen LogP contribution in [0.1, 0.15) is 5.56 Å². The summed E-state index contributed by atoms with van der Waals surface area (Å²) in [7, 11) is 0. The predicted octanol–water partition coefficient (Wildman–Crippen LogP) is 5.41. The van der Waals surface area contributed by atoms with Gasteiger partial charge in [0.25, 0.3) is 0 Å². The van der Waals surface area contributed by atoms with E-state index >= 15 is 0 Å². The van der Waals surface area contributed by atoms with Crippen molar-refractivity contribution in [2.75, 3.05) is 16.4 Å². The van der Waals surface area contributed by atoms with Crippen molar-refractivity contribution in [1.29, 1.82) is 0 Å². The SMILES string of the molecule is Cc1cc(Cl)ccc1Nc1ncnc(Nc2ccc(OC(F)(F)F)cc2)c1N. The normalized spacial score (nSPS) is 11.2. The molecule has 0 aliphatic heterocycles. The minimum absolute atomic E-state index is 0.243. The first kappa shape index (κ1) is 19.6. The minimum atomic E-state index is -4.74. The number of nitrogens with one attached hydrogen (secondary N) is 2. The maximum absolute atomic E-state index is 12.2. The van der Waals surface area contributed by atoms with E-state index in [2.05, 4.69) is 25.3 Å². The first-order valence-corrected chi connectivity index (χ1v) is 8.35. The number of nitrogen functional groups attached to an aromatic ring is 1. The number of anilines is 5. The molecule has 0 radical (unpaired) electrons. The lowest BCUT2D eigenvalue weighted by atomic mass is 10.2. The van der Waals surface area contributed by atoms with Crippen LogP contribution in [0.15, 0.2) is 48.8 Å². The van der Waals surface area contributed by atoms with Crippen molar-refractivity contribution < 1.29 is 17.9 Å². The van der Waals surface area contributed by atoms with Gasteiger partial charge in [-0.15, -0.1) is 13.2 Å². The molecule has 1 aromatic heterocycles. The summed E-state index contributed by atoms with van der Waals surface area (Å²) in [6.45, 7) is 1.88. The summed E-state index contributed by atoms with van der Waals surface area (Å²) in [6, 6.07) is 10.5. The van der Waals surface area contributed by atoms with Crippen molar-refractivity contribution in [3.8, 4) is 5.75 Å². The first-order valence-electron chi connectivity index (χ1n) is 7.98. The molecule has 0 amide bonds. The molecular weight excluding hydrogens is 395 g/mol. The molecule has 0 spiro atoms. The van der Waals surface area contributed by atoms with Gasteiger partial charge in [-0.3, -0.25) is 0 Å². The van der Waals surface area contributed by atoms with Crippen LogP contribution in [0.4, 0.5) is 41.9 Å². The van der Waals surface area contributed by atoms with E-state index in [1.807, 2.05) is 6.92 Å². The van der Waals surface area contributed by atoms with Crippen LogP contribution in [0.25, 0.3) is 0 Å². The Kier molecular flexibility index (Phi) is 5.46. The second-order valence-electron chi connectivity index (χ2n) is 5.77. The Morgan fingerprint density at radius 2 is 1.64 bits per heavy atom. The van der Waals surface area contributed by atoms with Crippen molar-refractivity contribution in [1.82, 2.24) is 9.97 Å². The molecule has 2 aromatic carbocycles. The largest absolute Gasteiger partial charge is 0.573 e. The molecule has 10 heteroatoms. The maximum atomic E-state index is 12.2. The van der Waals surface area contributed by atoms with Crippen LogP contribution in [0.5, 0.6) is 5.75 Å². The van der Waals surface area contributed by atoms with E-state index in [1.54, 1.807) is 18.2 Å². The highest BCUT2D eigenvalue weighted by Crippen LogP contribution is 2.31. The van der Waals surface area contributed by atoms with Gasteiger partial charge in [0.2, 0.25) is 0 Å². The molecule has 6 nitrogen and oxygen atoms in total. The Balaban J connectivity index is 1.77. The third-order valence-electron chi connectivity index (χ3n) is 3.68. The average molecular weight is 410 g/mol. The number of aromatic nitrogens is 2. The number of nitrogens with two attached hydrogens (primary N) is 1. The number of benzene rings is 2. The Morgan fingerprint density at radius 3 is 2.25 bits per heavy atom. The molecule has 4 N–H and O–H groups in total. The van der Waals surface area contributed by atoms with Crippen LogP contribution in [0.2, 0.25) is 5.02 Å². The molecule has 1 heterocycles. The Hall–Kier alpha value is -3.20. The zero-order valence-corrected chi connectivity index (χ0v) is 15.3. The van der Waals surface area contributed by atoms with Gasteiger partial charge in [-0.2, -0.15) is 0 Å². The lowest BCUT2D eigenvalue weighted by Gasteiger charge is -2.14. The van der Waals surface area contributed by atoms with Gasteiger partial charge in [-0.1, -0.05) is 11.6 Å². The molecule has 0 aliphatic rings. The van der Waals surface area contributed by atoms with Crippen LogP contribution in [-0.2, 0) is 0 Å². The monoisotopic (exact) mass is 409 g/mol. The smallest absolute Gasteiger partial charge is 0.406 e. The minimum Gasteiger partial charge on any atom is -0.406 e. The highest BCUT2D eigenvalue weighted by molar-refractivity contribution is 6.30. The van der Waals surface area contributed by atoms with Crippen LogP contribution in [0, 0.1) is 6.92 Å². The standard InChI is InChI=1S/C18H15ClF3N5O/c1-10-8-11(19)2-7-14(10)27-17-15(23)16(24-9-25-17)26-12-3-5-13(6-4-12)28-18(20,21)22/h2-9H,23H2,1H3,(H2,24,25,26,27). The lowest BCUT2D eigenvalue weighted by molar-refractivity contribution is -0.274. The Labute approximate surface area is 163 Å².